The first-order valence-electron chi connectivity index (χ1n) is 3.40. The lowest BCUT2D eigenvalue weighted by atomic mass is 10.4. The summed E-state index contributed by atoms with van der Waals surface area (Å²) in [6, 6.07) is 1.95. The van der Waals surface area contributed by atoms with Gasteiger partial charge in [-0.1, -0.05) is 0 Å². The van der Waals surface area contributed by atoms with Crippen LogP contribution in [-0.4, -0.2) is 21.3 Å². The lowest BCUT2D eigenvalue weighted by Gasteiger charge is -1.99. The first-order valence-corrected chi connectivity index (χ1v) is 3.40. The predicted molar refractivity (Wildman–Crippen MR) is 38.6 cm³/mol. The normalized spacial score (nSPS) is 9.45. The molecule has 4 heteroatoms. The zero-order valence-electron chi connectivity index (χ0n) is 6.06. The van der Waals surface area contributed by atoms with Crippen molar-refractivity contribution in [3.63, 3.8) is 0 Å². The standard InChI is InChI=1S/C7H9N3O/c8-6-7-9-2-4-10(7)3-1-5-11/h2,4,11H,1,3,5H2. The Hall–Kier alpha value is -1.34. The summed E-state index contributed by atoms with van der Waals surface area (Å²) in [5, 5.41) is 17.0. The van der Waals surface area contributed by atoms with E-state index in [0.717, 1.165) is 0 Å². The van der Waals surface area contributed by atoms with Crippen molar-refractivity contribution in [2.75, 3.05) is 6.61 Å². The lowest BCUT2D eigenvalue weighted by Crippen LogP contribution is -2.01. The molecule has 0 saturated carbocycles. The van der Waals surface area contributed by atoms with E-state index in [0.29, 0.717) is 18.8 Å². The molecule has 1 heterocycles. The molecule has 0 unspecified atom stereocenters. The summed E-state index contributed by atoms with van der Waals surface area (Å²) in [5.41, 5.74) is 0. The molecular weight excluding hydrogens is 142 g/mol. The van der Waals surface area contributed by atoms with Gasteiger partial charge in [0.2, 0.25) is 5.82 Å². The zero-order chi connectivity index (χ0) is 8.10. The molecule has 0 aliphatic rings. The van der Waals surface area contributed by atoms with Gasteiger partial charge in [-0.05, 0) is 6.42 Å². The highest BCUT2D eigenvalue weighted by Gasteiger charge is 1.98. The fourth-order valence-corrected chi connectivity index (χ4v) is 0.844. The lowest BCUT2D eigenvalue weighted by molar-refractivity contribution is 0.279. The fourth-order valence-electron chi connectivity index (χ4n) is 0.844. The molecule has 1 rings (SSSR count). The summed E-state index contributed by atoms with van der Waals surface area (Å²) >= 11 is 0. The van der Waals surface area contributed by atoms with Crippen LogP contribution in [0.5, 0.6) is 0 Å². The molecule has 0 bridgehead atoms. The van der Waals surface area contributed by atoms with E-state index in [-0.39, 0.29) is 6.61 Å². The number of imidazole rings is 1. The van der Waals surface area contributed by atoms with Crippen LogP contribution in [0.25, 0.3) is 0 Å². The van der Waals surface area contributed by atoms with Gasteiger partial charge < -0.3 is 9.67 Å². The number of hydrogen-bond donors (Lipinski definition) is 1. The second-order valence-electron chi connectivity index (χ2n) is 2.13. The van der Waals surface area contributed by atoms with Gasteiger partial charge in [-0.25, -0.2) is 4.98 Å². The number of nitriles is 1. The van der Waals surface area contributed by atoms with Gasteiger partial charge in [0, 0.05) is 25.5 Å². The van der Waals surface area contributed by atoms with Crippen LogP contribution in [0.15, 0.2) is 12.4 Å². The summed E-state index contributed by atoms with van der Waals surface area (Å²) < 4.78 is 1.72. The van der Waals surface area contributed by atoms with Crippen LogP contribution in [0.4, 0.5) is 0 Å². The maximum absolute atomic E-state index is 8.51. The number of aliphatic hydroxyl groups is 1. The smallest absolute Gasteiger partial charge is 0.212 e. The third kappa shape index (κ3) is 1.79. The van der Waals surface area contributed by atoms with Crippen LogP contribution in [0.2, 0.25) is 0 Å². The van der Waals surface area contributed by atoms with E-state index in [1.807, 2.05) is 6.07 Å². The van der Waals surface area contributed by atoms with E-state index in [1.54, 1.807) is 17.0 Å². The molecule has 1 aromatic rings. The topological polar surface area (TPSA) is 61.8 Å². The average molecular weight is 151 g/mol. The minimum atomic E-state index is 0.142. The van der Waals surface area contributed by atoms with E-state index in [9.17, 15) is 0 Å². The van der Waals surface area contributed by atoms with Crippen molar-refractivity contribution in [2.45, 2.75) is 13.0 Å². The molecule has 1 aromatic heterocycles. The molecule has 0 fully saturated rings. The van der Waals surface area contributed by atoms with E-state index in [2.05, 4.69) is 4.98 Å². The summed E-state index contributed by atoms with van der Waals surface area (Å²) in [4.78, 5) is 3.81. The van der Waals surface area contributed by atoms with E-state index in [4.69, 9.17) is 10.4 Å². The average Bonchev–Trinajstić information content (AvgIpc) is 2.47. The minimum Gasteiger partial charge on any atom is -0.396 e. The predicted octanol–water partition coefficient (Wildman–Crippen LogP) is 0.137. The number of aliphatic hydroxyl groups excluding tert-OH is 1. The number of aromatic nitrogens is 2. The van der Waals surface area contributed by atoms with Crippen LogP contribution < -0.4 is 0 Å². The summed E-state index contributed by atoms with van der Waals surface area (Å²) in [5.74, 6) is 0.401. The number of hydrogen-bond acceptors (Lipinski definition) is 3. The van der Waals surface area contributed by atoms with E-state index >= 15 is 0 Å². The second-order valence-corrected chi connectivity index (χ2v) is 2.13. The first-order chi connectivity index (χ1) is 5.38. The van der Waals surface area contributed by atoms with Crippen molar-refractivity contribution < 1.29 is 5.11 Å². The van der Waals surface area contributed by atoms with Crippen molar-refractivity contribution in [3.05, 3.63) is 18.2 Å². The van der Waals surface area contributed by atoms with Crippen LogP contribution in [-0.2, 0) is 6.54 Å². The van der Waals surface area contributed by atoms with Gasteiger partial charge >= 0.3 is 0 Å². The number of aryl methyl sites for hydroxylation is 1. The number of rotatable bonds is 3. The molecule has 0 radical (unpaired) electrons. The molecule has 0 aromatic carbocycles. The Bertz CT molecular complexity index is 261. The highest BCUT2D eigenvalue weighted by atomic mass is 16.3. The Morgan fingerprint density at radius 2 is 2.55 bits per heavy atom. The van der Waals surface area contributed by atoms with Crippen LogP contribution in [0.3, 0.4) is 0 Å². The van der Waals surface area contributed by atoms with Gasteiger partial charge in [-0.15, -0.1) is 0 Å². The van der Waals surface area contributed by atoms with Gasteiger partial charge in [0.05, 0.1) is 0 Å². The van der Waals surface area contributed by atoms with Gasteiger partial charge in [0.1, 0.15) is 6.07 Å². The Balaban J connectivity index is 2.63. The summed E-state index contributed by atoms with van der Waals surface area (Å²) in [6.45, 7) is 0.794. The maximum atomic E-state index is 8.51. The van der Waals surface area contributed by atoms with E-state index in [1.165, 1.54) is 0 Å². The summed E-state index contributed by atoms with van der Waals surface area (Å²) in [7, 11) is 0. The summed E-state index contributed by atoms with van der Waals surface area (Å²) in [6.07, 6.45) is 3.97. The first kappa shape index (κ1) is 7.76. The SMILES string of the molecule is N#Cc1nccn1CCCO. The van der Waals surface area contributed by atoms with Crippen LogP contribution >= 0.6 is 0 Å². The molecule has 11 heavy (non-hydrogen) atoms. The highest BCUT2D eigenvalue weighted by molar-refractivity contribution is 5.10. The Morgan fingerprint density at radius 1 is 1.73 bits per heavy atom. The van der Waals surface area contributed by atoms with Crippen molar-refractivity contribution in [3.8, 4) is 6.07 Å². The molecule has 0 aliphatic heterocycles. The molecule has 0 spiro atoms. The molecule has 0 aliphatic carbocycles. The molecule has 1 N–H and O–H groups in total. The molecule has 0 saturated heterocycles. The third-order valence-corrected chi connectivity index (χ3v) is 1.37. The van der Waals surface area contributed by atoms with Crippen molar-refractivity contribution >= 4 is 0 Å². The quantitative estimate of drug-likeness (QED) is 0.668. The molecule has 4 nitrogen and oxygen atoms in total. The monoisotopic (exact) mass is 151 g/mol. The second kappa shape index (κ2) is 3.74. The molecular formula is C7H9N3O. The Labute approximate surface area is 64.7 Å². The van der Waals surface area contributed by atoms with Crippen molar-refractivity contribution in [1.29, 1.82) is 5.26 Å². The molecule has 0 atom stereocenters. The van der Waals surface area contributed by atoms with Crippen LogP contribution in [0.1, 0.15) is 12.2 Å². The highest BCUT2D eigenvalue weighted by Crippen LogP contribution is 1.96. The van der Waals surface area contributed by atoms with Gasteiger partial charge in [-0.2, -0.15) is 5.26 Å². The van der Waals surface area contributed by atoms with Gasteiger partial charge in [0.15, 0.2) is 0 Å². The largest absolute Gasteiger partial charge is 0.396 e. The van der Waals surface area contributed by atoms with Gasteiger partial charge in [0.25, 0.3) is 0 Å². The zero-order valence-corrected chi connectivity index (χ0v) is 6.06. The Morgan fingerprint density at radius 3 is 3.18 bits per heavy atom. The Kier molecular flexibility index (Phi) is 2.64. The van der Waals surface area contributed by atoms with Crippen LogP contribution in [0, 0.1) is 11.3 Å². The van der Waals surface area contributed by atoms with Gasteiger partial charge in [-0.3, -0.25) is 0 Å². The minimum absolute atomic E-state index is 0.142. The van der Waals surface area contributed by atoms with Crippen molar-refractivity contribution in [2.24, 2.45) is 0 Å². The van der Waals surface area contributed by atoms with E-state index < -0.39 is 0 Å². The molecule has 58 valence electrons. The maximum Gasteiger partial charge on any atom is 0.212 e. The fraction of sp³-hybridized carbons (Fsp3) is 0.429. The number of nitrogens with zero attached hydrogens (tertiary/aromatic N) is 3. The third-order valence-electron chi connectivity index (χ3n) is 1.37. The molecule has 0 amide bonds. The van der Waals surface area contributed by atoms with Crippen molar-refractivity contribution in [1.82, 2.24) is 9.55 Å².